The molecule has 0 unspecified atom stereocenters. The van der Waals surface area contributed by atoms with Crippen molar-refractivity contribution in [2.24, 2.45) is 11.7 Å². The zero-order chi connectivity index (χ0) is 17.3. The van der Waals surface area contributed by atoms with Gasteiger partial charge in [0, 0.05) is 9.77 Å². The van der Waals surface area contributed by atoms with Gasteiger partial charge in [-0.1, -0.05) is 19.1 Å². The van der Waals surface area contributed by atoms with E-state index in [0.29, 0.717) is 22.0 Å². The minimum absolute atomic E-state index is 0.200. The second-order valence-corrected chi connectivity index (χ2v) is 8.03. The van der Waals surface area contributed by atoms with Gasteiger partial charge in [-0.15, -0.1) is 23.1 Å². The van der Waals surface area contributed by atoms with Gasteiger partial charge in [-0.25, -0.2) is 0 Å². The Bertz CT molecular complexity index is 798. The molecule has 24 heavy (non-hydrogen) atoms. The molecule has 0 radical (unpaired) electrons. The van der Waals surface area contributed by atoms with Gasteiger partial charge < -0.3 is 11.1 Å². The maximum atomic E-state index is 12.7. The number of thiophene rings is 1. The number of rotatable bonds is 4. The Hall–Kier alpha value is -1.79. The highest BCUT2D eigenvalue weighted by Crippen LogP contribution is 2.39. The average molecular weight is 361 g/mol. The summed E-state index contributed by atoms with van der Waals surface area (Å²) >= 11 is 3.01. The number of nitrogens with one attached hydrogen (secondary N) is 1. The van der Waals surface area contributed by atoms with Crippen LogP contribution in [0.4, 0.5) is 5.00 Å². The van der Waals surface area contributed by atoms with E-state index in [1.54, 1.807) is 6.07 Å². The van der Waals surface area contributed by atoms with Crippen molar-refractivity contribution >= 4 is 39.9 Å². The summed E-state index contributed by atoms with van der Waals surface area (Å²) in [6.07, 6.45) is 4.78. The minimum atomic E-state index is -0.462. The van der Waals surface area contributed by atoms with Gasteiger partial charge in [-0.2, -0.15) is 0 Å². The Morgan fingerprint density at radius 3 is 2.79 bits per heavy atom. The average Bonchev–Trinajstić information content (AvgIpc) is 2.91. The molecule has 126 valence electrons. The van der Waals surface area contributed by atoms with Crippen molar-refractivity contribution < 1.29 is 9.59 Å². The fourth-order valence-corrected chi connectivity index (χ4v) is 5.11. The maximum absolute atomic E-state index is 12.7. The molecule has 0 fully saturated rings. The van der Waals surface area contributed by atoms with E-state index in [0.717, 1.165) is 29.7 Å². The van der Waals surface area contributed by atoms with Gasteiger partial charge in [0.15, 0.2) is 0 Å². The number of carbonyl (C=O) groups excluding carboxylic acids is 2. The Balaban J connectivity index is 1.95. The van der Waals surface area contributed by atoms with Crippen LogP contribution >= 0.6 is 23.1 Å². The predicted molar refractivity (Wildman–Crippen MR) is 100 cm³/mol. The molecular weight excluding hydrogens is 340 g/mol. The van der Waals surface area contributed by atoms with Gasteiger partial charge in [0.2, 0.25) is 0 Å². The zero-order valence-corrected chi connectivity index (χ0v) is 15.4. The van der Waals surface area contributed by atoms with E-state index in [1.165, 1.54) is 28.0 Å². The highest BCUT2D eigenvalue weighted by atomic mass is 32.2. The summed E-state index contributed by atoms with van der Waals surface area (Å²) in [5.74, 6) is -0.0674. The molecule has 0 bridgehead atoms. The van der Waals surface area contributed by atoms with Crippen LogP contribution in [0.2, 0.25) is 0 Å². The molecule has 1 aromatic heterocycles. The van der Waals surface area contributed by atoms with E-state index >= 15 is 0 Å². The molecule has 0 spiro atoms. The van der Waals surface area contributed by atoms with Crippen molar-refractivity contribution in [3.8, 4) is 0 Å². The van der Waals surface area contributed by atoms with Crippen LogP contribution in [0.15, 0.2) is 29.2 Å². The predicted octanol–water partition coefficient (Wildman–Crippen LogP) is 3.95. The molecule has 4 nitrogen and oxygen atoms in total. The number of anilines is 1. The highest BCUT2D eigenvalue weighted by Gasteiger charge is 2.27. The minimum Gasteiger partial charge on any atom is -0.365 e. The first-order valence-electron chi connectivity index (χ1n) is 7.90. The smallest absolute Gasteiger partial charge is 0.257 e. The van der Waals surface area contributed by atoms with Crippen LogP contribution in [0.25, 0.3) is 0 Å². The number of hydrogen-bond donors (Lipinski definition) is 2. The van der Waals surface area contributed by atoms with E-state index in [9.17, 15) is 9.59 Å². The summed E-state index contributed by atoms with van der Waals surface area (Å²) in [5.41, 5.74) is 7.74. The lowest BCUT2D eigenvalue weighted by Gasteiger charge is -2.18. The normalized spacial score (nSPS) is 16.5. The van der Waals surface area contributed by atoms with Gasteiger partial charge in [0.1, 0.15) is 5.00 Å². The lowest BCUT2D eigenvalue weighted by molar-refractivity contribution is 0.1000. The van der Waals surface area contributed by atoms with E-state index < -0.39 is 5.91 Å². The van der Waals surface area contributed by atoms with Crippen LogP contribution in [0.5, 0.6) is 0 Å². The molecule has 1 aliphatic carbocycles. The molecule has 1 aromatic carbocycles. The number of amides is 2. The van der Waals surface area contributed by atoms with Crippen molar-refractivity contribution in [2.45, 2.75) is 31.1 Å². The van der Waals surface area contributed by atoms with Gasteiger partial charge >= 0.3 is 0 Å². The van der Waals surface area contributed by atoms with Crippen molar-refractivity contribution in [2.75, 3.05) is 11.6 Å². The fourth-order valence-electron chi connectivity index (χ4n) is 3.10. The van der Waals surface area contributed by atoms with Crippen molar-refractivity contribution in [3.05, 3.63) is 45.8 Å². The van der Waals surface area contributed by atoms with Crippen LogP contribution in [-0.2, 0) is 12.8 Å². The number of carbonyl (C=O) groups is 2. The zero-order valence-electron chi connectivity index (χ0n) is 13.7. The Morgan fingerprint density at radius 1 is 1.33 bits per heavy atom. The molecule has 3 N–H and O–H groups in total. The number of hydrogen-bond acceptors (Lipinski definition) is 4. The van der Waals surface area contributed by atoms with Crippen molar-refractivity contribution in [1.29, 1.82) is 0 Å². The van der Waals surface area contributed by atoms with Crippen LogP contribution in [0.1, 0.15) is 44.5 Å². The number of fused-ring (bicyclic) bond motifs is 1. The molecule has 2 aromatic rings. The van der Waals surface area contributed by atoms with E-state index in [1.807, 2.05) is 24.5 Å². The topological polar surface area (TPSA) is 72.2 Å². The summed E-state index contributed by atoms with van der Waals surface area (Å²) < 4.78 is 0. The summed E-state index contributed by atoms with van der Waals surface area (Å²) in [6.45, 7) is 2.21. The third-order valence-corrected chi connectivity index (χ3v) is 6.30. The van der Waals surface area contributed by atoms with Gasteiger partial charge in [0.05, 0.1) is 11.1 Å². The monoisotopic (exact) mass is 360 g/mol. The van der Waals surface area contributed by atoms with Crippen LogP contribution in [0, 0.1) is 5.92 Å². The molecular formula is C18H20N2O2S2. The molecule has 1 heterocycles. The molecule has 6 heteroatoms. The van der Waals surface area contributed by atoms with Gasteiger partial charge in [-0.05, 0) is 49.1 Å². The summed E-state index contributed by atoms with van der Waals surface area (Å²) in [5, 5.41) is 3.51. The quantitative estimate of drug-likeness (QED) is 0.811. The van der Waals surface area contributed by atoms with Crippen LogP contribution in [0.3, 0.4) is 0 Å². The van der Waals surface area contributed by atoms with Crippen molar-refractivity contribution in [1.82, 2.24) is 0 Å². The van der Waals surface area contributed by atoms with Crippen LogP contribution < -0.4 is 11.1 Å². The van der Waals surface area contributed by atoms with Gasteiger partial charge in [-0.3, -0.25) is 9.59 Å². The first-order valence-corrected chi connectivity index (χ1v) is 9.94. The molecule has 3 rings (SSSR count). The second kappa shape index (κ2) is 6.99. The summed E-state index contributed by atoms with van der Waals surface area (Å²) in [7, 11) is 0. The number of thioether (sulfide) groups is 1. The molecule has 1 atom stereocenters. The largest absolute Gasteiger partial charge is 0.365 e. The maximum Gasteiger partial charge on any atom is 0.257 e. The van der Waals surface area contributed by atoms with Crippen molar-refractivity contribution in [3.63, 3.8) is 0 Å². The highest BCUT2D eigenvalue weighted by molar-refractivity contribution is 7.98. The van der Waals surface area contributed by atoms with Gasteiger partial charge in [0.25, 0.3) is 11.8 Å². The molecule has 0 saturated carbocycles. The summed E-state index contributed by atoms with van der Waals surface area (Å²) in [4.78, 5) is 26.7. The number of primary amides is 1. The Labute approximate surface area is 149 Å². The molecule has 2 amide bonds. The lowest BCUT2D eigenvalue weighted by atomic mass is 9.88. The standard InChI is InChI=1S/C18H20N2O2S2/c1-10-7-8-11-14(9-10)24-18(15(11)16(19)21)20-17(22)12-5-3-4-6-13(12)23-2/h3-6,10H,7-9H2,1-2H3,(H2,19,21)(H,20,22)/t10-/m0/s1. The third-order valence-electron chi connectivity index (χ3n) is 4.34. The van der Waals surface area contributed by atoms with E-state index in [2.05, 4.69) is 12.2 Å². The molecule has 0 saturated heterocycles. The van der Waals surface area contributed by atoms with E-state index in [4.69, 9.17) is 5.73 Å². The third kappa shape index (κ3) is 3.21. The summed E-state index contributed by atoms with van der Waals surface area (Å²) in [6, 6.07) is 7.45. The number of nitrogens with two attached hydrogens (primary N) is 1. The first kappa shape index (κ1) is 17.0. The Kier molecular flexibility index (Phi) is 4.96. The van der Waals surface area contributed by atoms with E-state index in [-0.39, 0.29) is 5.91 Å². The molecule has 1 aliphatic rings. The second-order valence-electron chi connectivity index (χ2n) is 6.07. The first-order chi connectivity index (χ1) is 11.5. The lowest BCUT2D eigenvalue weighted by Crippen LogP contribution is -2.19. The van der Waals surface area contributed by atoms with Crippen LogP contribution in [-0.4, -0.2) is 18.1 Å². The molecule has 0 aliphatic heterocycles. The Morgan fingerprint density at radius 2 is 2.08 bits per heavy atom. The fraction of sp³-hybridized carbons (Fsp3) is 0.333. The SMILES string of the molecule is CSc1ccccc1C(=O)Nc1sc2c(c1C(N)=O)CC[C@H](C)C2. The number of benzene rings is 1.